The van der Waals surface area contributed by atoms with Gasteiger partial charge in [-0.15, -0.1) is 0 Å². The first-order valence-corrected chi connectivity index (χ1v) is 6.76. The number of benzene rings is 1. The lowest BCUT2D eigenvalue weighted by atomic mass is 10.2. The highest BCUT2D eigenvalue weighted by atomic mass is 79.9. The first-order valence-electron chi connectivity index (χ1n) is 5.97. The Morgan fingerprint density at radius 1 is 1.14 bits per heavy atom. The van der Waals surface area contributed by atoms with Crippen molar-refractivity contribution in [2.45, 2.75) is 6.92 Å². The number of hydrogen-bond donors (Lipinski definition) is 0. The van der Waals surface area contributed by atoms with Gasteiger partial charge < -0.3 is 4.74 Å². The molecule has 2 aromatic heterocycles. The van der Waals surface area contributed by atoms with Crippen LogP contribution in [0.25, 0.3) is 11.0 Å². The third-order valence-electron chi connectivity index (χ3n) is 2.79. The van der Waals surface area contributed by atoms with E-state index in [9.17, 15) is 8.78 Å². The smallest absolute Gasteiger partial charge is 0.241 e. The molecule has 0 saturated carbocycles. The van der Waals surface area contributed by atoms with Crippen LogP contribution in [0.5, 0.6) is 11.6 Å². The Morgan fingerprint density at radius 3 is 2.71 bits per heavy atom. The fraction of sp³-hybridized carbons (Fsp3) is 0.0714. The van der Waals surface area contributed by atoms with Gasteiger partial charge in [0.15, 0.2) is 17.4 Å². The van der Waals surface area contributed by atoms with Gasteiger partial charge >= 0.3 is 0 Å². The lowest BCUT2D eigenvalue weighted by Crippen LogP contribution is -1.99. The summed E-state index contributed by atoms with van der Waals surface area (Å²) in [5.41, 5.74) is 0.447. The van der Waals surface area contributed by atoms with Crippen molar-refractivity contribution < 1.29 is 13.5 Å². The summed E-state index contributed by atoms with van der Waals surface area (Å²) in [7, 11) is 0. The molecule has 21 heavy (non-hydrogen) atoms. The number of rotatable bonds is 2. The molecule has 0 atom stereocenters. The third-order valence-corrected chi connectivity index (χ3v) is 3.39. The van der Waals surface area contributed by atoms with Crippen LogP contribution in [0, 0.1) is 18.6 Å². The van der Waals surface area contributed by atoms with E-state index in [1.165, 1.54) is 6.07 Å². The van der Waals surface area contributed by atoms with Crippen molar-refractivity contribution in [1.82, 2.24) is 15.0 Å². The van der Waals surface area contributed by atoms with E-state index in [-0.39, 0.29) is 16.9 Å². The van der Waals surface area contributed by atoms with Crippen molar-refractivity contribution in [3.63, 3.8) is 0 Å². The van der Waals surface area contributed by atoms with Gasteiger partial charge in [0, 0.05) is 6.20 Å². The van der Waals surface area contributed by atoms with Gasteiger partial charge in [-0.25, -0.2) is 23.7 Å². The molecule has 3 aromatic rings. The Bertz CT molecular complexity index is 842. The molecular formula is C14H8BrF2N3O. The van der Waals surface area contributed by atoms with Crippen molar-refractivity contribution in [3.05, 3.63) is 52.4 Å². The summed E-state index contributed by atoms with van der Waals surface area (Å²) >= 11 is 3.26. The number of nitrogens with zero attached hydrogens (tertiary/aromatic N) is 3. The highest BCUT2D eigenvalue weighted by Gasteiger charge is 2.14. The maximum absolute atomic E-state index is 13.7. The van der Waals surface area contributed by atoms with E-state index in [0.29, 0.717) is 16.0 Å². The van der Waals surface area contributed by atoms with Gasteiger partial charge in [-0.3, -0.25) is 0 Å². The summed E-state index contributed by atoms with van der Waals surface area (Å²) in [6.07, 6.45) is 1.61. The maximum Gasteiger partial charge on any atom is 0.241 e. The predicted octanol–water partition coefficient (Wildman–Crippen LogP) is 4.17. The van der Waals surface area contributed by atoms with Gasteiger partial charge in [0.25, 0.3) is 0 Å². The zero-order valence-corrected chi connectivity index (χ0v) is 12.4. The topological polar surface area (TPSA) is 47.9 Å². The Hall–Kier alpha value is -2.15. The molecule has 7 heteroatoms. The minimum atomic E-state index is -1.02. The molecule has 106 valence electrons. The molecule has 0 aliphatic carbocycles. The van der Waals surface area contributed by atoms with Crippen molar-refractivity contribution in [1.29, 1.82) is 0 Å². The molecule has 4 nitrogen and oxygen atoms in total. The molecule has 0 N–H and O–H groups in total. The zero-order valence-electron chi connectivity index (χ0n) is 10.8. The number of aryl methyl sites for hydroxylation is 1. The lowest BCUT2D eigenvalue weighted by molar-refractivity contribution is 0.451. The van der Waals surface area contributed by atoms with Crippen molar-refractivity contribution in [2.75, 3.05) is 0 Å². The number of ether oxygens (including phenoxy) is 1. The van der Waals surface area contributed by atoms with Gasteiger partial charge in [0.2, 0.25) is 5.88 Å². The van der Waals surface area contributed by atoms with Crippen LogP contribution >= 0.6 is 15.9 Å². The number of pyridine rings is 1. The molecule has 2 heterocycles. The fourth-order valence-corrected chi connectivity index (χ4v) is 2.11. The van der Waals surface area contributed by atoms with Crippen LogP contribution in [0.2, 0.25) is 0 Å². The summed E-state index contributed by atoms with van der Waals surface area (Å²) in [5, 5.41) is 0. The molecule has 0 bridgehead atoms. The summed E-state index contributed by atoms with van der Waals surface area (Å²) in [4.78, 5) is 12.2. The largest absolute Gasteiger partial charge is 0.434 e. The van der Waals surface area contributed by atoms with Crippen LogP contribution < -0.4 is 4.74 Å². The molecule has 1 aromatic carbocycles. The fourth-order valence-electron chi connectivity index (χ4n) is 1.78. The molecule has 0 fully saturated rings. The van der Waals surface area contributed by atoms with E-state index >= 15 is 0 Å². The van der Waals surface area contributed by atoms with Crippen LogP contribution in [0.1, 0.15) is 5.69 Å². The summed E-state index contributed by atoms with van der Waals surface area (Å²) in [6.45, 7) is 1.61. The minimum absolute atomic E-state index is 0.120. The number of hydrogen-bond acceptors (Lipinski definition) is 4. The van der Waals surface area contributed by atoms with Gasteiger partial charge in [-0.05, 0) is 47.1 Å². The number of halogens is 3. The second kappa shape index (κ2) is 5.33. The number of aromatic nitrogens is 3. The highest BCUT2D eigenvalue weighted by molar-refractivity contribution is 9.10. The molecule has 0 spiro atoms. The second-order valence-electron chi connectivity index (χ2n) is 4.24. The highest BCUT2D eigenvalue weighted by Crippen LogP contribution is 2.29. The van der Waals surface area contributed by atoms with Gasteiger partial charge in [0.1, 0.15) is 15.8 Å². The monoisotopic (exact) mass is 351 g/mol. The molecule has 0 aliphatic rings. The Balaban J connectivity index is 2.10. The van der Waals surface area contributed by atoms with Gasteiger partial charge in [-0.1, -0.05) is 0 Å². The summed E-state index contributed by atoms with van der Waals surface area (Å²) in [6, 6.07) is 5.77. The summed E-state index contributed by atoms with van der Waals surface area (Å²) < 4.78 is 33.0. The molecule has 0 saturated heterocycles. The van der Waals surface area contributed by atoms with E-state index in [4.69, 9.17) is 4.74 Å². The molecular weight excluding hydrogens is 344 g/mol. The maximum atomic E-state index is 13.7. The van der Waals surface area contributed by atoms with Crippen molar-refractivity contribution in [2.24, 2.45) is 0 Å². The molecule has 0 aliphatic heterocycles. The van der Waals surface area contributed by atoms with Gasteiger partial charge in [-0.2, -0.15) is 0 Å². The van der Waals surface area contributed by atoms with E-state index in [1.807, 2.05) is 0 Å². The van der Waals surface area contributed by atoms with Gasteiger partial charge in [0.05, 0.1) is 5.52 Å². The average molecular weight is 352 g/mol. The second-order valence-corrected chi connectivity index (χ2v) is 4.99. The average Bonchev–Trinajstić information content (AvgIpc) is 2.47. The van der Waals surface area contributed by atoms with Crippen LogP contribution in [-0.2, 0) is 0 Å². The Labute approximate surface area is 127 Å². The first kappa shape index (κ1) is 13.8. The van der Waals surface area contributed by atoms with Crippen LogP contribution in [0.3, 0.4) is 0 Å². The molecule has 0 unspecified atom stereocenters. The molecule has 0 radical (unpaired) electrons. The van der Waals surface area contributed by atoms with Crippen molar-refractivity contribution >= 4 is 27.0 Å². The standard InChI is InChI=1S/C14H8BrF2N3O/c1-7-14(21-10-3-2-6-18-13(10)15)20-9-5-4-8(16)11(17)12(9)19-7/h2-6H,1H3. The zero-order chi connectivity index (χ0) is 15.0. The Kier molecular flexibility index (Phi) is 3.50. The van der Waals surface area contributed by atoms with E-state index in [1.54, 1.807) is 25.3 Å². The van der Waals surface area contributed by atoms with E-state index in [0.717, 1.165) is 6.07 Å². The summed E-state index contributed by atoms with van der Waals surface area (Å²) in [5.74, 6) is -1.31. The molecule has 3 rings (SSSR count). The van der Waals surface area contributed by atoms with E-state index in [2.05, 4.69) is 30.9 Å². The SMILES string of the molecule is Cc1nc2c(F)c(F)ccc2nc1Oc1cccnc1Br. The lowest BCUT2D eigenvalue weighted by Gasteiger charge is -2.09. The third kappa shape index (κ3) is 2.56. The first-order chi connectivity index (χ1) is 10.1. The molecule has 0 amide bonds. The van der Waals surface area contributed by atoms with Crippen molar-refractivity contribution in [3.8, 4) is 11.6 Å². The quantitative estimate of drug-likeness (QED) is 0.650. The normalized spacial score (nSPS) is 10.9. The number of fused-ring (bicyclic) bond motifs is 1. The minimum Gasteiger partial charge on any atom is -0.434 e. The van der Waals surface area contributed by atoms with Crippen LogP contribution in [0.15, 0.2) is 35.1 Å². The van der Waals surface area contributed by atoms with Crippen LogP contribution in [-0.4, -0.2) is 15.0 Å². The van der Waals surface area contributed by atoms with Crippen LogP contribution in [0.4, 0.5) is 8.78 Å². The Morgan fingerprint density at radius 2 is 1.95 bits per heavy atom. The predicted molar refractivity (Wildman–Crippen MR) is 76.2 cm³/mol. The van der Waals surface area contributed by atoms with E-state index < -0.39 is 11.6 Å².